The lowest BCUT2D eigenvalue weighted by atomic mass is 10.1. The number of nitrogens with zero attached hydrogens (tertiary/aromatic N) is 1. The molecule has 1 heterocycles. The van der Waals surface area contributed by atoms with E-state index in [4.69, 9.17) is 0 Å². The highest BCUT2D eigenvalue weighted by molar-refractivity contribution is 6.03. The summed E-state index contributed by atoms with van der Waals surface area (Å²) in [7, 11) is 2.03. The van der Waals surface area contributed by atoms with Crippen molar-refractivity contribution in [1.29, 1.82) is 0 Å². The van der Waals surface area contributed by atoms with E-state index in [1.807, 2.05) is 26.1 Å². The van der Waals surface area contributed by atoms with Crippen LogP contribution in [0.1, 0.15) is 31.9 Å². The molecule has 0 saturated heterocycles. The fourth-order valence-corrected chi connectivity index (χ4v) is 2.48. The number of nitrogens with one attached hydrogen (secondary N) is 2. The van der Waals surface area contributed by atoms with Crippen molar-refractivity contribution >= 4 is 17.3 Å². The van der Waals surface area contributed by atoms with Crippen LogP contribution in [0.2, 0.25) is 0 Å². The molecule has 1 aromatic carbocycles. The van der Waals surface area contributed by atoms with Gasteiger partial charge >= 0.3 is 0 Å². The molecule has 2 N–H and O–H groups in total. The third kappa shape index (κ3) is 3.02. The maximum Gasteiger partial charge on any atom is 0.246 e. The lowest BCUT2D eigenvalue weighted by molar-refractivity contribution is -0.117. The number of hydrogen-bond donors (Lipinski definition) is 2. The Balaban J connectivity index is 2.19. The van der Waals surface area contributed by atoms with Gasteiger partial charge in [-0.15, -0.1) is 0 Å². The van der Waals surface area contributed by atoms with Crippen molar-refractivity contribution in [3.8, 4) is 0 Å². The molecular formula is C16H23N3O. The van der Waals surface area contributed by atoms with E-state index in [1.165, 1.54) is 0 Å². The fraction of sp³-hybridized carbons (Fsp3) is 0.438. The molecule has 1 aromatic rings. The van der Waals surface area contributed by atoms with Gasteiger partial charge in [-0.2, -0.15) is 0 Å². The number of amides is 1. The molecule has 0 aliphatic carbocycles. The van der Waals surface area contributed by atoms with Gasteiger partial charge in [-0.3, -0.25) is 4.79 Å². The summed E-state index contributed by atoms with van der Waals surface area (Å²) in [5, 5.41) is 6.23. The number of anilines is 2. The van der Waals surface area contributed by atoms with Crippen LogP contribution < -0.4 is 15.5 Å². The van der Waals surface area contributed by atoms with Gasteiger partial charge in [0.1, 0.15) is 6.04 Å². The van der Waals surface area contributed by atoms with E-state index in [-0.39, 0.29) is 11.9 Å². The largest absolute Gasteiger partial charge is 0.371 e. The Labute approximate surface area is 120 Å². The van der Waals surface area contributed by atoms with E-state index in [9.17, 15) is 4.79 Å². The molecule has 2 rings (SSSR count). The Hall–Kier alpha value is -1.81. The van der Waals surface area contributed by atoms with Crippen molar-refractivity contribution in [3.63, 3.8) is 0 Å². The average Bonchev–Trinajstić information content (AvgIpc) is 2.70. The number of hydrogen-bond acceptors (Lipinski definition) is 3. The predicted molar refractivity (Wildman–Crippen MR) is 84.2 cm³/mol. The zero-order valence-corrected chi connectivity index (χ0v) is 12.5. The highest BCUT2D eigenvalue weighted by Gasteiger charge is 2.30. The summed E-state index contributed by atoms with van der Waals surface area (Å²) < 4.78 is 0. The Morgan fingerprint density at radius 2 is 2.25 bits per heavy atom. The van der Waals surface area contributed by atoms with E-state index < -0.39 is 0 Å². The molecule has 108 valence electrons. The highest BCUT2D eigenvalue weighted by Crippen LogP contribution is 2.33. The standard InChI is InChI=1S/C16H23N3O/c1-5-8-17-15-13-7-6-12(19(4)10-11(2)3)9-14(13)18-16(15)20/h6-7,9,15,17H,2,5,8,10H2,1,3-4H3,(H,18,20). The first-order valence-corrected chi connectivity index (χ1v) is 7.06. The van der Waals surface area contributed by atoms with Gasteiger partial charge in [0.15, 0.2) is 0 Å². The van der Waals surface area contributed by atoms with Crippen LogP contribution in [0.5, 0.6) is 0 Å². The number of carbonyl (C=O) groups excluding carboxylic acids is 1. The van der Waals surface area contributed by atoms with Gasteiger partial charge in [0.2, 0.25) is 5.91 Å². The molecule has 1 amide bonds. The van der Waals surface area contributed by atoms with Gasteiger partial charge in [-0.05, 0) is 32.0 Å². The summed E-state index contributed by atoms with van der Waals surface area (Å²) in [6.45, 7) is 9.69. The molecule has 0 aromatic heterocycles. The first-order valence-electron chi connectivity index (χ1n) is 7.06. The molecular weight excluding hydrogens is 250 g/mol. The average molecular weight is 273 g/mol. The predicted octanol–water partition coefficient (Wildman–Crippen LogP) is 2.69. The van der Waals surface area contributed by atoms with Gasteiger partial charge in [0.05, 0.1) is 0 Å². The number of benzene rings is 1. The van der Waals surface area contributed by atoms with Gasteiger partial charge in [-0.1, -0.05) is 25.1 Å². The molecule has 4 heteroatoms. The smallest absolute Gasteiger partial charge is 0.246 e. The molecule has 20 heavy (non-hydrogen) atoms. The first-order chi connectivity index (χ1) is 9.52. The van der Waals surface area contributed by atoms with Gasteiger partial charge in [0, 0.05) is 30.5 Å². The molecule has 1 aliphatic rings. The third-order valence-corrected chi connectivity index (χ3v) is 3.41. The Morgan fingerprint density at radius 1 is 1.50 bits per heavy atom. The van der Waals surface area contributed by atoms with E-state index >= 15 is 0 Å². The van der Waals surface area contributed by atoms with E-state index in [0.29, 0.717) is 0 Å². The van der Waals surface area contributed by atoms with Gasteiger partial charge in [0.25, 0.3) is 0 Å². The molecule has 0 radical (unpaired) electrons. The molecule has 4 nitrogen and oxygen atoms in total. The van der Waals surface area contributed by atoms with Crippen LogP contribution in [-0.4, -0.2) is 26.0 Å². The molecule has 1 unspecified atom stereocenters. The zero-order valence-electron chi connectivity index (χ0n) is 12.5. The second kappa shape index (κ2) is 6.09. The third-order valence-electron chi connectivity index (χ3n) is 3.41. The van der Waals surface area contributed by atoms with Crippen LogP contribution in [-0.2, 0) is 4.79 Å². The molecule has 0 spiro atoms. The minimum absolute atomic E-state index is 0.0353. The topological polar surface area (TPSA) is 44.4 Å². The Bertz CT molecular complexity index is 524. The van der Waals surface area contributed by atoms with E-state index in [0.717, 1.165) is 42.0 Å². The highest BCUT2D eigenvalue weighted by atomic mass is 16.2. The molecule has 0 saturated carbocycles. The summed E-state index contributed by atoms with van der Waals surface area (Å²) in [5.41, 5.74) is 4.15. The minimum Gasteiger partial charge on any atom is -0.371 e. The summed E-state index contributed by atoms with van der Waals surface area (Å²) in [4.78, 5) is 14.1. The lowest BCUT2D eigenvalue weighted by Crippen LogP contribution is -2.27. The van der Waals surface area contributed by atoms with Crippen LogP contribution in [0.15, 0.2) is 30.4 Å². The van der Waals surface area contributed by atoms with Crippen molar-refractivity contribution in [3.05, 3.63) is 35.9 Å². The number of rotatable bonds is 6. The van der Waals surface area contributed by atoms with Crippen LogP contribution in [0.25, 0.3) is 0 Å². The second-order valence-electron chi connectivity index (χ2n) is 5.46. The van der Waals surface area contributed by atoms with Crippen molar-refractivity contribution in [2.45, 2.75) is 26.3 Å². The minimum atomic E-state index is -0.217. The molecule has 1 aliphatic heterocycles. The van der Waals surface area contributed by atoms with Crippen molar-refractivity contribution < 1.29 is 4.79 Å². The Morgan fingerprint density at radius 3 is 2.90 bits per heavy atom. The van der Waals surface area contributed by atoms with Crippen LogP contribution in [0.4, 0.5) is 11.4 Å². The zero-order chi connectivity index (χ0) is 14.7. The second-order valence-corrected chi connectivity index (χ2v) is 5.46. The summed E-state index contributed by atoms with van der Waals surface area (Å²) in [6, 6.07) is 5.91. The monoisotopic (exact) mass is 273 g/mol. The van der Waals surface area contributed by atoms with Gasteiger partial charge < -0.3 is 15.5 Å². The van der Waals surface area contributed by atoms with Crippen LogP contribution >= 0.6 is 0 Å². The van der Waals surface area contributed by atoms with Crippen LogP contribution in [0, 0.1) is 0 Å². The SMILES string of the molecule is C=C(C)CN(C)c1ccc2c(c1)NC(=O)C2NCCC. The van der Waals surface area contributed by atoms with Crippen molar-refractivity contribution in [2.24, 2.45) is 0 Å². The quantitative estimate of drug-likeness (QED) is 0.783. The van der Waals surface area contributed by atoms with E-state index in [1.54, 1.807) is 0 Å². The number of likely N-dealkylation sites (N-methyl/N-ethyl adjacent to an activating group) is 1. The fourth-order valence-electron chi connectivity index (χ4n) is 2.48. The normalized spacial score (nSPS) is 16.8. The summed E-state index contributed by atoms with van der Waals surface area (Å²) in [5.74, 6) is 0.0353. The molecule has 0 fully saturated rings. The first kappa shape index (κ1) is 14.6. The van der Waals surface area contributed by atoms with Crippen LogP contribution in [0.3, 0.4) is 0 Å². The van der Waals surface area contributed by atoms with E-state index in [2.05, 4.69) is 35.1 Å². The molecule has 1 atom stereocenters. The lowest BCUT2D eigenvalue weighted by Gasteiger charge is -2.20. The molecule has 0 bridgehead atoms. The maximum atomic E-state index is 12.0. The maximum absolute atomic E-state index is 12.0. The number of carbonyl (C=O) groups is 1. The van der Waals surface area contributed by atoms with Gasteiger partial charge in [-0.25, -0.2) is 0 Å². The Kier molecular flexibility index (Phi) is 4.45. The summed E-state index contributed by atoms with van der Waals surface area (Å²) >= 11 is 0. The van der Waals surface area contributed by atoms with Crippen molar-refractivity contribution in [1.82, 2.24) is 5.32 Å². The van der Waals surface area contributed by atoms with Crippen molar-refractivity contribution in [2.75, 3.05) is 30.4 Å². The number of fused-ring (bicyclic) bond motifs is 1. The summed E-state index contributed by atoms with van der Waals surface area (Å²) in [6.07, 6.45) is 1.01.